The molecule has 1 fully saturated rings. The minimum Gasteiger partial charge on any atom is -0.350 e. The van der Waals surface area contributed by atoms with Crippen molar-refractivity contribution >= 4 is 22.4 Å². The van der Waals surface area contributed by atoms with Crippen molar-refractivity contribution in [1.29, 1.82) is 0 Å². The Morgan fingerprint density at radius 1 is 1.23 bits per heavy atom. The summed E-state index contributed by atoms with van der Waals surface area (Å²) in [7, 11) is 2.10. The molecular weight excluding hydrogens is 272 g/mol. The lowest BCUT2D eigenvalue weighted by molar-refractivity contribution is -0.137. The number of aryl methyl sites for hydroxylation is 1. The summed E-state index contributed by atoms with van der Waals surface area (Å²) in [6.45, 7) is 1.64. The standard InChI is InChI=1S/C19H22N2O/c1-20-13-17(16-7-2-3-8-18(16)20)14-9-11-21(12-10-14)19(22)15-5-4-6-15/h2-3,7-9,13,15H,4-6,10-12H2,1H3. The Morgan fingerprint density at radius 3 is 2.73 bits per heavy atom. The molecule has 3 nitrogen and oxygen atoms in total. The molecule has 2 aromatic rings. The molecule has 1 amide bonds. The van der Waals surface area contributed by atoms with Crippen LogP contribution >= 0.6 is 0 Å². The molecule has 1 aromatic carbocycles. The van der Waals surface area contributed by atoms with Crippen molar-refractivity contribution in [3.05, 3.63) is 42.1 Å². The van der Waals surface area contributed by atoms with E-state index in [2.05, 4.69) is 48.2 Å². The van der Waals surface area contributed by atoms with E-state index in [-0.39, 0.29) is 0 Å². The van der Waals surface area contributed by atoms with Crippen molar-refractivity contribution in [1.82, 2.24) is 9.47 Å². The van der Waals surface area contributed by atoms with Gasteiger partial charge in [0.2, 0.25) is 5.91 Å². The first-order valence-corrected chi connectivity index (χ1v) is 8.26. The number of para-hydroxylation sites is 1. The second-order valence-electron chi connectivity index (χ2n) is 6.56. The molecule has 0 N–H and O–H groups in total. The lowest BCUT2D eigenvalue weighted by Crippen LogP contribution is -2.41. The first-order chi connectivity index (χ1) is 10.7. The van der Waals surface area contributed by atoms with E-state index in [0.717, 1.165) is 32.4 Å². The zero-order valence-electron chi connectivity index (χ0n) is 13.1. The van der Waals surface area contributed by atoms with Gasteiger partial charge < -0.3 is 9.47 Å². The van der Waals surface area contributed by atoms with Crippen LogP contribution in [-0.2, 0) is 11.8 Å². The second-order valence-corrected chi connectivity index (χ2v) is 6.56. The molecule has 1 aliphatic heterocycles. The highest BCUT2D eigenvalue weighted by molar-refractivity contribution is 5.93. The number of nitrogens with zero attached hydrogens (tertiary/aromatic N) is 2. The number of carbonyl (C=O) groups is 1. The van der Waals surface area contributed by atoms with Gasteiger partial charge in [-0.1, -0.05) is 30.7 Å². The molecule has 2 aliphatic rings. The van der Waals surface area contributed by atoms with Crippen LogP contribution in [0.3, 0.4) is 0 Å². The highest BCUT2D eigenvalue weighted by Crippen LogP contribution is 2.33. The van der Waals surface area contributed by atoms with E-state index < -0.39 is 0 Å². The molecule has 22 heavy (non-hydrogen) atoms. The largest absolute Gasteiger partial charge is 0.350 e. The fourth-order valence-electron chi connectivity index (χ4n) is 3.62. The smallest absolute Gasteiger partial charge is 0.225 e. The number of carbonyl (C=O) groups excluding carboxylic acids is 1. The molecular formula is C19H22N2O. The first-order valence-electron chi connectivity index (χ1n) is 8.26. The Hall–Kier alpha value is -2.03. The summed E-state index contributed by atoms with van der Waals surface area (Å²) in [6, 6.07) is 8.54. The molecule has 0 bridgehead atoms. The Bertz CT molecular complexity index is 752. The van der Waals surface area contributed by atoms with Gasteiger partial charge in [-0.3, -0.25) is 4.79 Å². The monoisotopic (exact) mass is 294 g/mol. The quantitative estimate of drug-likeness (QED) is 0.831. The predicted octanol–water partition coefficient (Wildman–Crippen LogP) is 3.59. The van der Waals surface area contributed by atoms with Gasteiger partial charge in [-0.05, 0) is 30.9 Å². The lowest BCUT2D eigenvalue weighted by atomic mass is 9.84. The van der Waals surface area contributed by atoms with Crippen LogP contribution in [0.2, 0.25) is 0 Å². The summed E-state index contributed by atoms with van der Waals surface area (Å²) < 4.78 is 2.19. The summed E-state index contributed by atoms with van der Waals surface area (Å²) in [6.07, 6.45) is 8.85. The zero-order valence-corrected chi connectivity index (χ0v) is 13.1. The van der Waals surface area contributed by atoms with Crippen molar-refractivity contribution in [2.75, 3.05) is 13.1 Å². The van der Waals surface area contributed by atoms with Crippen LogP contribution < -0.4 is 0 Å². The third-order valence-corrected chi connectivity index (χ3v) is 5.22. The SMILES string of the molecule is Cn1cc(C2=CCN(C(=O)C3CCC3)CC2)c2ccccc21. The van der Waals surface area contributed by atoms with Crippen molar-refractivity contribution in [2.24, 2.45) is 13.0 Å². The highest BCUT2D eigenvalue weighted by Gasteiger charge is 2.30. The Labute approximate surface area is 131 Å². The number of amides is 1. The second kappa shape index (κ2) is 5.31. The van der Waals surface area contributed by atoms with Gasteiger partial charge in [0.25, 0.3) is 0 Å². The molecule has 1 aromatic heterocycles. The van der Waals surface area contributed by atoms with E-state index in [1.54, 1.807) is 0 Å². The number of hydrogen-bond acceptors (Lipinski definition) is 1. The third kappa shape index (κ3) is 2.16. The van der Waals surface area contributed by atoms with Crippen LogP contribution in [-0.4, -0.2) is 28.5 Å². The van der Waals surface area contributed by atoms with Gasteiger partial charge in [-0.15, -0.1) is 0 Å². The minimum absolute atomic E-state index is 0.313. The molecule has 0 spiro atoms. The maximum Gasteiger partial charge on any atom is 0.225 e. The topological polar surface area (TPSA) is 25.2 Å². The fourth-order valence-corrected chi connectivity index (χ4v) is 3.62. The zero-order chi connectivity index (χ0) is 15.1. The molecule has 114 valence electrons. The van der Waals surface area contributed by atoms with E-state index in [1.165, 1.54) is 28.5 Å². The Balaban J connectivity index is 1.58. The number of fused-ring (bicyclic) bond motifs is 1. The van der Waals surface area contributed by atoms with Crippen LogP contribution in [0.4, 0.5) is 0 Å². The maximum absolute atomic E-state index is 12.3. The molecule has 2 heterocycles. The number of benzene rings is 1. The average molecular weight is 294 g/mol. The summed E-state index contributed by atoms with van der Waals surface area (Å²) in [5.41, 5.74) is 3.98. The van der Waals surface area contributed by atoms with Gasteiger partial charge >= 0.3 is 0 Å². The van der Waals surface area contributed by atoms with Gasteiger partial charge in [-0.2, -0.15) is 0 Å². The lowest BCUT2D eigenvalue weighted by Gasteiger charge is -2.33. The van der Waals surface area contributed by atoms with E-state index in [4.69, 9.17) is 0 Å². The van der Waals surface area contributed by atoms with Gasteiger partial charge in [0.05, 0.1) is 0 Å². The van der Waals surface area contributed by atoms with E-state index in [9.17, 15) is 4.79 Å². The van der Waals surface area contributed by atoms with Crippen LogP contribution in [0, 0.1) is 5.92 Å². The summed E-state index contributed by atoms with van der Waals surface area (Å²) >= 11 is 0. The number of rotatable bonds is 2. The summed E-state index contributed by atoms with van der Waals surface area (Å²) in [5.74, 6) is 0.687. The number of hydrogen-bond donors (Lipinski definition) is 0. The highest BCUT2D eigenvalue weighted by atomic mass is 16.2. The normalized spacial score (nSPS) is 19.1. The molecule has 0 saturated heterocycles. The molecule has 1 aliphatic carbocycles. The van der Waals surface area contributed by atoms with Gasteiger partial charge in [0.15, 0.2) is 0 Å². The van der Waals surface area contributed by atoms with E-state index in [0.29, 0.717) is 11.8 Å². The van der Waals surface area contributed by atoms with Gasteiger partial charge in [0, 0.05) is 48.7 Å². The molecule has 3 heteroatoms. The van der Waals surface area contributed by atoms with E-state index >= 15 is 0 Å². The van der Waals surface area contributed by atoms with Crippen molar-refractivity contribution < 1.29 is 4.79 Å². The van der Waals surface area contributed by atoms with Crippen LogP contribution in [0.25, 0.3) is 16.5 Å². The molecule has 0 atom stereocenters. The summed E-state index contributed by atoms with van der Waals surface area (Å²) in [4.78, 5) is 14.4. The molecule has 4 rings (SSSR count). The van der Waals surface area contributed by atoms with Crippen LogP contribution in [0.1, 0.15) is 31.2 Å². The summed E-state index contributed by atoms with van der Waals surface area (Å²) in [5, 5.41) is 1.31. The first kappa shape index (κ1) is 13.6. The van der Waals surface area contributed by atoms with Gasteiger partial charge in [0.1, 0.15) is 0 Å². The molecule has 0 radical (unpaired) electrons. The molecule has 1 saturated carbocycles. The van der Waals surface area contributed by atoms with Crippen molar-refractivity contribution in [3.8, 4) is 0 Å². The Morgan fingerprint density at radius 2 is 2.05 bits per heavy atom. The van der Waals surface area contributed by atoms with E-state index in [1.807, 2.05) is 4.90 Å². The maximum atomic E-state index is 12.3. The fraction of sp³-hybridized carbons (Fsp3) is 0.421. The Kier molecular flexibility index (Phi) is 3.29. The van der Waals surface area contributed by atoms with Crippen LogP contribution in [0.15, 0.2) is 36.5 Å². The van der Waals surface area contributed by atoms with Crippen LogP contribution in [0.5, 0.6) is 0 Å². The molecule has 0 unspecified atom stereocenters. The number of aromatic nitrogens is 1. The predicted molar refractivity (Wildman–Crippen MR) is 89.4 cm³/mol. The minimum atomic E-state index is 0.313. The third-order valence-electron chi connectivity index (χ3n) is 5.22. The average Bonchev–Trinajstić information content (AvgIpc) is 2.83. The van der Waals surface area contributed by atoms with Crippen molar-refractivity contribution in [2.45, 2.75) is 25.7 Å². The van der Waals surface area contributed by atoms with Gasteiger partial charge in [-0.25, -0.2) is 0 Å². The van der Waals surface area contributed by atoms with Crippen molar-refractivity contribution in [3.63, 3.8) is 0 Å².